The number of methoxy groups -OCH3 is 1. The molecule has 0 aromatic carbocycles. The van der Waals surface area contributed by atoms with Crippen molar-refractivity contribution in [1.29, 1.82) is 0 Å². The highest BCUT2D eigenvalue weighted by molar-refractivity contribution is 7.89. The number of rotatable bonds is 5. The van der Waals surface area contributed by atoms with Gasteiger partial charge in [0.1, 0.15) is 0 Å². The van der Waals surface area contributed by atoms with Gasteiger partial charge in [-0.1, -0.05) is 6.92 Å². The van der Waals surface area contributed by atoms with E-state index in [-0.39, 0.29) is 24.3 Å². The van der Waals surface area contributed by atoms with Gasteiger partial charge >= 0.3 is 0 Å². The molecule has 1 aliphatic heterocycles. The summed E-state index contributed by atoms with van der Waals surface area (Å²) in [5.74, 6) is 0.367. The molecule has 0 aliphatic carbocycles. The highest BCUT2D eigenvalue weighted by atomic mass is 32.2. The van der Waals surface area contributed by atoms with Crippen LogP contribution in [0.4, 0.5) is 0 Å². The van der Waals surface area contributed by atoms with Gasteiger partial charge in [-0.05, 0) is 12.3 Å². The molecule has 6 heteroatoms. The molecule has 2 atom stereocenters. The molecule has 15 heavy (non-hydrogen) atoms. The van der Waals surface area contributed by atoms with Gasteiger partial charge in [0.15, 0.2) is 0 Å². The fourth-order valence-electron chi connectivity index (χ4n) is 1.96. The predicted octanol–water partition coefficient (Wildman–Crippen LogP) is -0.335. The first-order valence-corrected chi connectivity index (χ1v) is 6.71. The maximum absolute atomic E-state index is 11.8. The summed E-state index contributed by atoms with van der Waals surface area (Å²) in [6.07, 6.45) is 0.430. The van der Waals surface area contributed by atoms with Crippen LogP contribution in [0.25, 0.3) is 0 Å². The first-order valence-electron chi connectivity index (χ1n) is 5.10. The zero-order chi connectivity index (χ0) is 11.5. The zero-order valence-electron chi connectivity index (χ0n) is 9.22. The molecular formula is C9H19NO4S. The minimum atomic E-state index is -3.14. The molecule has 1 rings (SSSR count). The van der Waals surface area contributed by atoms with Gasteiger partial charge in [-0.2, -0.15) is 4.31 Å². The van der Waals surface area contributed by atoms with Gasteiger partial charge in [-0.25, -0.2) is 8.42 Å². The standard InChI is InChI=1S/C9H19NO4S/c1-8-5-10(15(12,13)7-8)9(3-4-11)6-14-2/h8-9,11H,3-7H2,1-2H3. The average molecular weight is 237 g/mol. The third-order valence-corrected chi connectivity index (χ3v) is 4.72. The Morgan fingerprint density at radius 3 is 2.67 bits per heavy atom. The van der Waals surface area contributed by atoms with E-state index in [0.717, 1.165) is 0 Å². The van der Waals surface area contributed by atoms with Crippen molar-refractivity contribution in [2.24, 2.45) is 5.92 Å². The lowest BCUT2D eigenvalue weighted by molar-refractivity contribution is 0.115. The molecule has 0 radical (unpaired) electrons. The Balaban J connectivity index is 2.74. The molecule has 0 aromatic rings. The summed E-state index contributed by atoms with van der Waals surface area (Å²) in [6, 6.07) is -0.227. The van der Waals surface area contributed by atoms with Crippen LogP contribution in [0, 0.1) is 5.92 Å². The van der Waals surface area contributed by atoms with E-state index in [1.54, 1.807) is 0 Å². The molecule has 0 aromatic heterocycles. The number of hydrogen-bond acceptors (Lipinski definition) is 4. The van der Waals surface area contributed by atoms with Crippen molar-refractivity contribution in [2.45, 2.75) is 19.4 Å². The second-order valence-electron chi connectivity index (χ2n) is 4.07. The quantitative estimate of drug-likeness (QED) is 0.710. The highest BCUT2D eigenvalue weighted by Gasteiger charge is 2.37. The molecule has 1 aliphatic rings. The van der Waals surface area contributed by atoms with E-state index in [4.69, 9.17) is 9.84 Å². The number of aliphatic hydroxyl groups excluding tert-OH is 1. The Morgan fingerprint density at radius 1 is 1.60 bits per heavy atom. The Labute approximate surface area is 91.1 Å². The van der Waals surface area contributed by atoms with E-state index in [2.05, 4.69) is 0 Å². The SMILES string of the molecule is COCC(CCO)N1CC(C)CS1(=O)=O. The summed E-state index contributed by atoms with van der Waals surface area (Å²) in [4.78, 5) is 0. The molecule has 0 saturated carbocycles. The van der Waals surface area contributed by atoms with Crippen molar-refractivity contribution < 1.29 is 18.3 Å². The van der Waals surface area contributed by atoms with E-state index >= 15 is 0 Å². The van der Waals surface area contributed by atoms with Crippen molar-refractivity contribution >= 4 is 10.0 Å². The van der Waals surface area contributed by atoms with Gasteiger partial charge in [0.25, 0.3) is 0 Å². The van der Waals surface area contributed by atoms with Crippen LogP contribution in [0.5, 0.6) is 0 Å². The molecule has 1 heterocycles. The third kappa shape index (κ3) is 3.14. The lowest BCUT2D eigenvalue weighted by Crippen LogP contribution is -2.40. The Bertz CT molecular complexity index is 284. The zero-order valence-corrected chi connectivity index (χ0v) is 10.0. The summed E-state index contributed by atoms with van der Waals surface area (Å²) < 4.78 is 30.0. The van der Waals surface area contributed by atoms with Crippen molar-refractivity contribution in [2.75, 3.05) is 32.6 Å². The summed E-state index contributed by atoms with van der Waals surface area (Å²) in [5.41, 5.74) is 0. The normalized spacial score (nSPS) is 28.1. The lowest BCUT2D eigenvalue weighted by atomic mass is 10.2. The highest BCUT2D eigenvalue weighted by Crippen LogP contribution is 2.23. The van der Waals surface area contributed by atoms with E-state index < -0.39 is 10.0 Å². The summed E-state index contributed by atoms with van der Waals surface area (Å²) in [6.45, 7) is 2.78. The fourth-order valence-corrected chi connectivity index (χ4v) is 4.07. The van der Waals surface area contributed by atoms with E-state index in [0.29, 0.717) is 19.6 Å². The van der Waals surface area contributed by atoms with Crippen molar-refractivity contribution in [3.05, 3.63) is 0 Å². The second-order valence-corrected chi connectivity index (χ2v) is 6.04. The topological polar surface area (TPSA) is 66.8 Å². The van der Waals surface area contributed by atoms with E-state index in [1.807, 2.05) is 6.92 Å². The average Bonchev–Trinajstić information content (AvgIpc) is 2.39. The summed E-state index contributed by atoms with van der Waals surface area (Å²) in [7, 11) is -1.60. The van der Waals surface area contributed by atoms with Gasteiger partial charge in [-0.3, -0.25) is 0 Å². The monoisotopic (exact) mass is 237 g/mol. The summed E-state index contributed by atoms with van der Waals surface area (Å²) in [5, 5.41) is 8.88. The van der Waals surface area contributed by atoms with Crippen LogP contribution in [-0.4, -0.2) is 56.5 Å². The van der Waals surface area contributed by atoms with Gasteiger partial charge in [0.2, 0.25) is 10.0 Å². The van der Waals surface area contributed by atoms with Crippen LogP contribution in [-0.2, 0) is 14.8 Å². The maximum Gasteiger partial charge on any atom is 0.214 e. The van der Waals surface area contributed by atoms with Gasteiger partial charge in [-0.15, -0.1) is 0 Å². The fraction of sp³-hybridized carbons (Fsp3) is 1.00. The molecule has 5 nitrogen and oxygen atoms in total. The van der Waals surface area contributed by atoms with E-state index in [9.17, 15) is 8.42 Å². The van der Waals surface area contributed by atoms with Crippen molar-refractivity contribution in [1.82, 2.24) is 4.31 Å². The molecule has 0 bridgehead atoms. The van der Waals surface area contributed by atoms with E-state index in [1.165, 1.54) is 11.4 Å². The lowest BCUT2D eigenvalue weighted by Gasteiger charge is -2.25. The number of nitrogens with zero attached hydrogens (tertiary/aromatic N) is 1. The predicted molar refractivity (Wildman–Crippen MR) is 57.0 cm³/mol. The maximum atomic E-state index is 11.8. The molecule has 90 valence electrons. The van der Waals surface area contributed by atoms with Crippen LogP contribution in [0.15, 0.2) is 0 Å². The van der Waals surface area contributed by atoms with Gasteiger partial charge in [0.05, 0.1) is 18.4 Å². The van der Waals surface area contributed by atoms with Crippen molar-refractivity contribution in [3.8, 4) is 0 Å². The van der Waals surface area contributed by atoms with Crippen LogP contribution < -0.4 is 0 Å². The minimum Gasteiger partial charge on any atom is -0.396 e. The molecule has 1 N–H and O–H groups in total. The molecule has 1 fully saturated rings. The minimum absolute atomic E-state index is 0.0194. The summed E-state index contributed by atoms with van der Waals surface area (Å²) >= 11 is 0. The molecule has 0 spiro atoms. The molecular weight excluding hydrogens is 218 g/mol. The van der Waals surface area contributed by atoms with Gasteiger partial charge < -0.3 is 9.84 Å². The van der Waals surface area contributed by atoms with Crippen LogP contribution in [0.3, 0.4) is 0 Å². The smallest absolute Gasteiger partial charge is 0.214 e. The number of ether oxygens (including phenoxy) is 1. The number of sulfonamides is 1. The Kier molecular flexibility index (Phi) is 4.51. The Hall–Kier alpha value is -0.170. The third-order valence-electron chi connectivity index (χ3n) is 2.57. The van der Waals surface area contributed by atoms with Crippen molar-refractivity contribution in [3.63, 3.8) is 0 Å². The van der Waals surface area contributed by atoms with Crippen LogP contribution >= 0.6 is 0 Å². The Morgan fingerprint density at radius 2 is 2.27 bits per heavy atom. The number of hydrogen-bond donors (Lipinski definition) is 1. The number of aliphatic hydroxyl groups is 1. The molecule has 0 amide bonds. The van der Waals surface area contributed by atoms with Crippen LogP contribution in [0.1, 0.15) is 13.3 Å². The van der Waals surface area contributed by atoms with Crippen LogP contribution in [0.2, 0.25) is 0 Å². The largest absolute Gasteiger partial charge is 0.396 e. The van der Waals surface area contributed by atoms with Gasteiger partial charge in [0, 0.05) is 20.3 Å². The molecule has 1 saturated heterocycles. The molecule has 2 unspecified atom stereocenters. The first-order chi connectivity index (χ1) is 7.01. The second kappa shape index (κ2) is 5.25. The first kappa shape index (κ1) is 12.9.